The Hall–Kier alpha value is -2.24. The third kappa shape index (κ3) is 4.44. The van der Waals surface area contributed by atoms with Crippen LogP contribution in [0.25, 0.3) is 11.1 Å². The molecule has 2 aromatic carbocycles. The molecule has 25 heavy (non-hydrogen) atoms. The van der Waals surface area contributed by atoms with Crippen molar-refractivity contribution in [1.29, 1.82) is 0 Å². The first-order valence-electron chi connectivity index (χ1n) is 8.47. The molecule has 2 aromatic rings. The fourth-order valence-corrected chi connectivity index (χ4v) is 2.87. The molecule has 1 heterocycles. The Morgan fingerprint density at radius 3 is 2.24 bits per heavy atom. The van der Waals surface area contributed by atoms with Crippen molar-refractivity contribution in [1.82, 2.24) is 4.90 Å². The van der Waals surface area contributed by atoms with Crippen LogP contribution in [0.4, 0.5) is 0 Å². The predicted octanol–water partition coefficient (Wildman–Crippen LogP) is 2.88. The van der Waals surface area contributed by atoms with E-state index in [1.54, 1.807) is 14.2 Å². The number of benzene rings is 2. The Balaban J connectivity index is 1.75. The van der Waals surface area contributed by atoms with Gasteiger partial charge in [0.1, 0.15) is 6.61 Å². The molecule has 0 aromatic heterocycles. The first-order valence-corrected chi connectivity index (χ1v) is 8.47. The normalized spacial score (nSPS) is 15.0. The van der Waals surface area contributed by atoms with Gasteiger partial charge in [-0.1, -0.05) is 24.3 Å². The summed E-state index contributed by atoms with van der Waals surface area (Å²) in [4.78, 5) is 2.33. The number of morpholine rings is 1. The van der Waals surface area contributed by atoms with Crippen LogP contribution in [0.15, 0.2) is 36.4 Å². The molecule has 1 radical (unpaired) electrons. The quantitative estimate of drug-likeness (QED) is 0.774. The molecule has 0 bridgehead atoms. The van der Waals surface area contributed by atoms with Crippen molar-refractivity contribution < 1.29 is 18.9 Å². The van der Waals surface area contributed by atoms with E-state index in [9.17, 15) is 0 Å². The molecular formula is C20H24NO4. The third-order valence-electron chi connectivity index (χ3n) is 4.27. The van der Waals surface area contributed by atoms with Gasteiger partial charge >= 0.3 is 0 Å². The van der Waals surface area contributed by atoms with Crippen molar-refractivity contribution in [2.75, 3.05) is 53.7 Å². The van der Waals surface area contributed by atoms with Crippen LogP contribution in [0, 0.1) is 6.07 Å². The zero-order valence-corrected chi connectivity index (χ0v) is 14.8. The summed E-state index contributed by atoms with van der Waals surface area (Å²) in [5.74, 6) is 1.98. The van der Waals surface area contributed by atoms with Gasteiger partial charge in [-0.2, -0.15) is 0 Å². The lowest BCUT2D eigenvalue weighted by Gasteiger charge is -2.26. The van der Waals surface area contributed by atoms with E-state index in [0.717, 1.165) is 44.0 Å². The summed E-state index contributed by atoms with van der Waals surface area (Å²) in [6.45, 7) is 4.90. The van der Waals surface area contributed by atoms with Gasteiger partial charge < -0.3 is 18.9 Å². The van der Waals surface area contributed by atoms with Gasteiger partial charge in [-0.3, -0.25) is 4.90 Å². The SMILES string of the molecule is COc1cc(-c2cc[c]cc2)cc(OC)c1OCCN1CCOCC1. The second-order valence-corrected chi connectivity index (χ2v) is 5.80. The van der Waals surface area contributed by atoms with Crippen molar-refractivity contribution in [2.24, 2.45) is 0 Å². The Morgan fingerprint density at radius 2 is 1.64 bits per heavy atom. The number of rotatable bonds is 7. The molecular weight excluding hydrogens is 318 g/mol. The summed E-state index contributed by atoms with van der Waals surface area (Å²) in [7, 11) is 3.29. The molecule has 5 nitrogen and oxygen atoms in total. The second-order valence-electron chi connectivity index (χ2n) is 5.80. The van der Waals surface area contributed by atoms with E-state index in [1.807, 2.05) is 36.4 Å². The van der Waals surface area contributed by atoms with E-state index in [0.29, 0.717) is 23.9 Å². The lowest BCUT2D eigenvalue weighted by molar-refractivity contribution is 0.0319. The fraction of sp³-hybridized carbons (Fsp3) is 0.400. The highest BCUT2D eigenvalue weighted by Gasteiger charge is 2.16. The molecule has 133 valence electrons. The zero-order valence-electron chi connectivity index (χ0n) is 14.8. The highest BCUT2D eigenvalue weighted by atomic mass is 16.5. The minimum Gasteiger partial charge on any atom is -0.493 e. The van der Waals surface area contributed by atoms with Gasteiger partial charge in [0.2, 0.25) is 5.75 Å². The van der Waals surface area contributed by atoms with E-state index in [1.165, 1.54) is 0 Å². The summed E-state index contributed by atoms with van der Waals surface area (Å²) < 4.78 is 22.5. The van der Waals surface area contributed by atoms with E-state index in [4.69, 9.17) is 18.9 Å². The molecule has 5 heteroatoms. The van der Waals surface area contributed by atoms with E-state index in [2.05, 4.69) is 11.0 Å². The monoisotopic (exact) mass is 342 g/mol. The molecule has 3 rings (SSSR count). The van der Waals surface area contributed by atoms with Crippen LogP contribution >= 0.6 is 0 Å². The second kappa shape index (κ2) is 8.74. The Bertz CT molecular complexity index is 644. The molecule has 0 aliphatic carbocycles. The maximum absolute atomic E-state index is 6.01. The van der Waals surface area contributed by atoms with Crippen molar-refractivity contribution in [3.05, 3.63) is 42.5 Å². The van der Waals surface area contributed by atoms with Crippen LogP contribution < -0.4 is 14.2 Å². The van der Waals surface area contributed by atoms with Crippen LogP contribution in [0.1, 0.15) is 0 Å². The Labute approximate surface area is 149 Å². The van der Waals surface area contributed by atoms with E-state index in [-0.39, 0.29) is 0 Å². The summed E-state index contributed by atoms with van der Waals surface area (Å²) in [5, 5.41) is 0. The van der Waals surface area contributed by atoms with Gasteiger partial charge in [0, 0.05) is 19.6 Å². The van der Waals surface area contributed by atoms with Crippen LogP contribution in [-0.2, 0) is 4.74 Å². The standard InChI is InChI=1S/C20H24NO4/c1-22-18-14-17(16-6-4-3-5-7-16)15-19(23-2)20(18)25-13-10-21-8-11-24-12-9-21/h4-7,14-15H,8-13H2,1-2H3. The summed E-state index contributed by atoms with van der Waals surface area (Å²) in [6.07, 6.45) is 0. The summed E-state index contributed by atoms with van der Waals surface area (Å²) in [5.41, 5.74) is 2.10. The number of ether oxygens (including phenoxy) is 4. The van der Waals surface area contributed by atoms with Crippen LogP contribution in [0.2, 0.25) is 0 Å². The van der Waals surface area contributed by atoms with Crippen molar-refractivity contribution in [3.63, 3.8) is 0 Å². The molecule has 1 saturated heterocycles. The third-order valence-corrected chi connectivity index (χ3v) is 4.27. The van der Waals surface area contributed by atoms with Crippen molar-refractivity contribution >= 4 is 0 Å². The maximum atomic E-state index is 6.01. The Morgan fingerprint density at radius 1 is 1.00 bits per heavy atom. The van der Waals surface area contributed by atoms with E-state index >= 15 is 0 Å². The molecule has 0 N–H and O–H groups in total. The largest absolute Gasteiger partial charge is 0.493 e. The average Bonchev–Trinajstić information content (AvgIpc) is 2.69. The number of hydrogen-bond acceptors (Lipinski definition) is 5. The van der Waals surface area contributed by atoms with Gasteiger partial charge in [0.25, 0.3) is 0 Å². The molecule has 0 amide bonds. The fourth-order valence-electron chi connectivity index (χ4n) is 2.87. The topological polar surface area (TPSA) is 40.2 Å². The average molecular weight is 342 g/mol. The molecule has 0 saturated carbocycles. The molecule has 1 aliphatic heterocycles. The number of nitrogens with zero attached hydrogens (tertiary/aromatic N) is 1. The van der Waals surface area contributed by atoms with Gasteiger partial charge in [-0.15, -0.1) is 0 Å². The number of methoxy groups -OCH3 is 2. The summed E-state index contributed by atoms with van der Waals surface area (Å²) in [6, 6.07) is 14.8. The van der Waals surface area contributed by atoms with Gasteiger partial charge in [0.15, 0.2) is 11.5 Å². The first-order chi connectivity index (χ1) is 12.3. The molecule has 0 unspecified atom stereocenters. The minimum absolute atomic E-state index is 0.576. The smallest absolute Gasteiger partial charge is 0.203 e. The van der Waals surface area contributed by atoms with Crippen LogP contribution in [0.5, 0.6) is 17.2 Å². The maximum Gasteiger partial charge on any atom is 0.203 e. The van der Waals surface area contributed by atoms with Gasteiger partial charge in [-0.05, 0) is 29.3 Å². The van der Waals surface area contributed by atoms with Gasteiger partial charge in [0.05, 0.1) is 27.4 Å². The predicted molar refractivity (Wildman–Crippen MR) is 96.6 cm³/mol. The minimum atomic E-state index is 0.576. The molecule has 0 spiro atoms. The van der Waals surface area contributed by atoms with Gasteiger partial charge in [-0.25, -0.2) is 0 Å². The lowest BCUT2D eigenvalue weighted by atomic mass is 10.0. The lowest BCUT2D eigenvalue weighted by Crippen LogP contribution is -2.38. The molecule has 1 aliphatic rings. The van der Waals surface area contributed by atoms with Crippen LogP contribution in [-0.4, -0.2) is 58.6 Å². The highest BCUT2D eigenvalue weighted by molar-refractivity contribution is 5.70. The molecule has 0 atom stereocenters. The highest BCUT2D eigenvalue weighted by Crippen LogP contribution is 2.41. The number of hydrogen-bond donors (Lipinski definition) is 0. The zero-order chi connectivity index (χ0) is 17.5. The summed E-state index contributed by atoms with van der Waals surface area (Å²) >= 11 is 0. The Kier molecular flexibility index (Phi) is 6.14. The van der Waals surface area contributed by atoms with E-state index < -0.39 is 0 Å². The van der Waals surface area contributed by atoms with Crippen molar-refractivity contribution in [3.8, 4) is 28.4 Å². The van der Waals surface area contributed by atoms with Crippen LogP contribution in [0.3, 0.4) is 0 Å². The molecule has 1 fully saturated rings. The van der Waals surface area contributed by atoms with Crippen molar-refractivity contribution in [2.45, 2.75) is 0 Å². The first kappa shape index (κ1) is 17.6.